The number of unbranched alkanes of at least 4 members (excludes halogenated alkanes) is 1. The molecule has 5 nitrogen and oxygen atoms in total. The van der Waals surface area contributed by atoms with Crippen molar-refractivity contribution in [2.45, 2.75) is 40.0 Å². The Balaban J connectivity index is -0.0000000607. The topological polar surface area (TPSA) is 72.8 Å². The van der Waals surface area contributed by atoms with E-state index in [4.69, 9.17) is 5.11 Å². The first-order chi connectivity index (χ1) is 6.58. The maximum atomic E-state index is 10.3. The van der Waals surface area contributed by atoms with Crippen molar-refractivity contribution in [3.8, 4) is 0 Å². The Kier molecular flexibility index (Phi) is 21.6. The monoisotopic (exact) mass is 232 g/mol. The molecule has 88 valence electrons. The molecule has 0 radical (unpaired) electrons. The standard InChI is InChI=1S/C5H8O5.C4H10.Mg.2H/c1-2-9-10-5(8)3-4(6)7;1-3-4-2;;;/h2-3H2,1H3,(H,6,7);3-4H2,1-2H3;;;/q;;+2;2*-1. The third-order valence-corrected chi connectivity index (χ3v) is 1.07. The van der Waals surface area contributed by atoms with Crippen molar-refractivity contribution in [1.82, 2.24) is 0 Å². The summed E-state index contributed by atoms with van der Waals surface area (Å²) in [5, 5.41) is 8.03. The van der Waals surface area contributed by atoms with Crippen molar-refractivity contribution in [3.63, 3.8) is 0 Å². The summed E-state index contributed by atoms with van der Waals surface area (Å²) in [4.78, 5) is 28.3. The normalized spacial score (nSPS) is 7.93. The molecule has 0 fully saturated rings. The Labute approximate surface area is 109 Å². The van der Waals surface area contributed by atoms with Crippen LogP contribution in [0.4, 0.5) is 0 Å². The molecule has 0 heterocycles. The second-order valence-corrected chi connectivity index (χ2v) is 2.43. The summed E-state index contributed by atoms with van der Waals surface area (Å²) >= 11 is 0. The van der Waals surface area contributed by atoms with Gasteiger partial charge in [-0.25, -0.2) is 4.79 Å². The molecule has 15 heavy (non-hydrogen) atoms. The van der Waals surface area contributed by atoms with Crippen molar-refractivity contribution in [1.29, 1.82) is 0 Å². The van der Waals surface area contributed by atoms with E-state index in [1.54, 1.807) is 6.92 Å². The smallest absolute Gasteiger partial charge is 1.00 e. The zero-order chi connectivity index (χ0) is 11.4. The zero-order valence-electron chi connectivity index (χ0n) is 11.6. The third kappa shape index (κ3) is 24.8. The summed E-state index contributed by atoms with van der Waals surface area (Å²) in [5.74, 6) is -2.13. The van der Waals surface area contributed by atoms with E-state index in [2.05, 4.69) is 23.6 Å². The van der Waals surface area contributed by atoms with Crippen LogP contribution in [0.1, 0.15) is 42.9 Å². The number of carboxylic acid groups (broad SMARTS) is 1. The number of rotatable bonds is 5. The summed E-state index contributed by atoms with van der Waals surface area (Å²) < 4.78 is 0. The second kappa shape index (κ2) is 16.1. The van der Waals surface area contributed by atoms with Crippen molar-refractivity contribution in [2.24, 2.45) is 0 Å². The minimum atomic E-state index is -1.23. The van der Waals surface area contributed by atoms with Gasteiger partial charge < -0.3 is 7.96 Å². The van der Waals surface area contributed by atoms with Gasteiger partial charge in [0.2, 0.25) is 0 Å². The first-order valence-corrected chi connectivity index (χ1v) is 4.62. The van der Waals surface area contributed by atoms with Crippen LogP contribution in [0.2, 0.25) is 0 Å². The third-order valence-electron chi connectivity index (χ3n) is 1.07. The van der Waals surface area contributed by atoms with Gasteiger partial charge in [0, 0.05) is 0 Å². The Morgan fingerprint density at radius 1 is 1.20 bits per heavy atom. The predicted octanol–water partition coefficient (Wildman–Crippen LogP) is 1.61. The minimum Gasteiger partial charge on any atom is -1.00 e. The quantitative estimate of drug-likeness (QED) is 0.337. The van der Waals surface area contributed by atoms with E-state index in [0.717, 1.165) is 0 Å². The fourth-order valence-electron chi connectivity index (χ4n) is 0.278. The summed E-state index contributed by atoms with van der Waals surface area (Å²) in [6.45, 7) is 6.19. The fraction of sp³-hybridized carbons (Fsp3) is 0.778. The fourth-order valence-corrected chi connectivity index (χ4v) is 0.278. The van der Waals surface area contributed by atoms with Gasteiger partial charge in [0.1, 0.15) is 6.42 Å². The molecule has 0 aromatic heterocycles. The van der Waals surface area contributed by atoms with Gasteiger partial charge in [0.25, 0.3) is 0 Å². The van der Waals surface area contributed by atoms with Crippen LogP contribution in [0.5, 0.6) is 0 Å². The predicted molar refractivity (Wildman–Crippen MR) is 58.5 cm³/mol. The Bertz CT molecular complexity index is 167. The molecule has 0 amide bonds. The summed E-state index contributed by atoms with van der Waals surface area (Å²) in [5.41, 5.74) is 0. The first-order valence-electron chi connectivity index (χ1n) is 4.62. The zero-order valence-corrected chi connectivity index (χ0v) is 11.0. The molecule has 6 heteroatoms. The van der Waals surface area contributed by atoms with Gasteiger partial charge in [0.05, 0.1) is 6.61 Å². The Morgan fingerprint density at radius 3 is 1.93 bits per heavy atom. The van der Waals surface area contributed by atoms with E-state index < -0.39 is 18.4 Å². The SMILES string of the molecule is CCCC.CCOOC(=O)CC(=O)O.[H-].[H-].[Mg+2]. The van der Waals surface area contributed by atoms with Crippen molar-refractivity contribution in [3.05, 3.63) is 0 Å². The van der Waals surface area contributed by atoms with Crippen LogP contribution in [0.3, 0.4) is 0 Å². The van der Waals surface area contributed by atoms with Crippen molar-refractivity contribution < 1.29 is 27.3 Å². The molecule has 0 unspecified atom stereocenters. The average molecular weight is 233 g/mol. The number of carbonyl (C=O) groups excluding carboxylic acids is 1. The number of aliphatic carboxylic acids is 1. The number of carboxylic acids is 1. The van der Waals surface area contributed by atoms with Crippen LogP contribution in [0, 0.1) is 0 Å². The molecular weight excluding hydrogens is 212 g/mol. The first kappa shape index (κ1) is 20.1. The van der Waals surface area contributed by atoms with E-state index in [-0.39, 0.29) is 32.5 Å². The average Bonchev–Trinajstić information content (AvgIpc) is 2.14. The van der Waals surface area contributed by atoms with Gasteiger partial charge >= 0.3 is 35.0 Å². The van der Waals surface area contributed by atoms with E-state index in [1.165, 1.54) is 12.8 Å². The molecule has 1 N–H and O–H groups in total. The van der Waals surface area contributed by atoms with Crippen LogP contribution in [0.25, 0.3) is 0 Å². The molecule has 0 rings (SSSR count). The second-order valence-electron chi connectivity index (χ2n) is 2.43. The molecule has 0 saturated carbocycles. The Morgan fingerprint density at radius 2 is 1.67 bits per heavy atom. The van der Waals surface area contributed by atoms with Crippen molar-refractivity contribution >= 4 is 35.0 Å². The van der Waals surface area contributed by atoms with Gasteiger partial charge in [-0.2, -0.15) is 4.89 Å². The number of hydrogen-bond acceptors (Lipinski definition) is 4. The maximum absolute atomic E-state index is 10.3. The molecule has 0 aliphatic carbocycles. The van der Waals surface area contributed by atoms with Crippen LogP contribution in [-0.2, 0) is 19.4 Å². The van der Waals surface area contributed by atoms with Crippen molar-refractivity contribution in [2.75, 3.05) is 6.61 Å². The molecule has 0 bridgehead atoms. The van der Waals surface area contributed by atoms with E-state index in [0.29, 0.717) is 0 Å². The molecule has 0 aromatic carbocycles. The van der Waals surface area contributed by atoms with Crippen LogP contribution in [-0.4, -0.2) is 46.7 Å². The molecular formula is C9H20MgO5. The minimum absolute atomic E-state index is 0. The summed E-state index contributed by atoms with van der Waals surface area (Å²) in [6, 6.07) is 0. The molecule has 0 spiro atoms. The van der Waals surface area contributed by atoms with Gasteiger partial charge in [-0.3, -0.25) is 9.68 Å². The molecule has 0 aliphatic rings. The maximum Gasteiger partial charge on any atom is 2.00 e. The molecule has 0 aliphatic heterocycles. The molecule has 0 atom stereocenters. The van der Waals surface area contributed by atoms with E-state index in [9.17, 15) is 9.59 Å². The van der Waals surface area contributed by atoms with Gasteiger partial charge in [-0.1, -0.05) is 26.7 Å². The van der Waals surface area contributed by atoms with Gasteiger partial charge in [-0.15, -0.1) is 0 Å². The van der Waals surface area contributed by atoms with E-state index in [1.807, 2.05) is 0 Å². The van der Waals surface area contributed by atoms with Crippen LogP contribution in [0.15, 0.2) is 0 Å². The molecule has 0 aromatic rings. The van der Waals surface area contributed by atoms with Crippen LogP contribution >= 0.6 is 0 Å². The number of carbonyl (C=O) groups is 2. The summed E-state index contributed by atoms with van der Waals surface area (Å²) in [7, 11) is 0. The Hall–Kier alpha value is -0.334. The van der Waals surface area contributed by atoms with E-state index >= 15 is 0 Å². The van der Waals surface area contributed by atoms with Gasteiger partial charge in [0.15, 0.2) is 0 Å². The number of hydrogen-bond donors (Lipinski definition) is 1. The summed E-state index contributed by atoms with van der Waals surface area (Å²) in [6.07, 6.45) is 1.97. The van der Waals surface area contributed by atoms with Crippen LogP contribution < -0.4 is 0 Å². The molecule has 0 saturated heterocycles. The largest absolute Gasteiger partial charge is 2.00 e. The van der Waals surface area contributed by atoms with Gasteiger partial charge in [-0.05, 0) is 6.92 Å².